The molecule has 0 bridgehead atoms. The molecule has 1 aliphatic rings. The highest BCUT2D eigenvalue weighted by Gasteiger charge is 2.51. The molecule has 0 aliphatic carbocycles. The number of carbonyl (C=O) groups is 2. The number of esters is 1. The summed E-state index contributed by atoms with van der Waals surface area (Å²) in [6.45, 7) is 12.8. The first-order chi connectivity index (χ1) is 13.0. The normalized spacial score (nSPS) is 21.2. The summed E-state index contributed by atoms with van der Waals surface area (Å²) in [5, 5.41) is 0. The standard InChI is InChI=1S/C22H31NO5/c1-7-13-26-19(24)15-18-17(14-16-11-9-8-10-12-16)23(22(5,6)27-18)20(25)28-21(2,3)4/h7-12,17-18H,1,13-15H2,2-6H3/t17-,18-/m0/s1. The van der Waals surface area contributed by atoms with Crippen LogP contribution in [0.25, 0.3) is 0 Å². The summed E-state index contributed by atoms with van der Waals surface area (Å²) in [6, 6.07) is 9.46. The predicted octanol–water partition coefficient (Wildman–Crippen LogP) is 4.09. The van der Waals surface area contributed by atoms with Gasteiger partial charge in [0.1, 0.15) is 17.9 Å². The summed E-state index contributed by atoms with van der Waals surface area (Å²) in [4.78, 5) is 26.8. The Morgan fingerprint density at radius 2 is 1.89 bits per heavy atom. The van der Waals surface area contributed by atoms with Gasteiger partial charge in [0.15, 0.2) is 0 Å². The minimum absolute atomic E-state index is 0.0497. The first-order valence-corrected chi connectivity index (χ1v) is 9.54. The minimum Gasteiger partial charge on any atom is -0.461 e. The van der Waals surface area contributed by atoms with Crippen molar-refractivity contribution in [3.05, 3.63) is 48.6 Å². The van der Waals surface area contributed by atoms with Crippen molar-refractivity contribution in [2.45, 2.75) is 70.9 Å². The van der Waals surface area contributed by atoms with E-state index in [1.807, 2.05) is 65.0 Å². The fraction of sp³-hybridized carbons (Fsp3) is 0.545. The summed E-state index contributed by atoms with van der Waals surface area (Å²) in [7, 11) is 0. The van der Waals surface area contributed by atoms with Crippen LogP contribution >= 0.6 is 0 Å². The fourth-order valence-electron chi connectivity index (χ4n) is 3.37. The second-order valence-corrected chi connectivity index (χ2v) is 8.39. The smallest absolute Gasteiger partial charge is 0.412 e. The summed E-state index contributed by atoms with van der Waals surface area (Å²) >= 11 is 0. The van der Waals surface area contributed by atoms with Crippen LogP contribution in [0, 0.1) is 0 Å². The van der Waals surface area contributed by atoms with E-state index in [-0.39, 0.29) is 25.0 Å². The summed E-state index contributed by atoms with van der Waals surface area (Å²) in [5.74, 6) is -0.384. The predicted molar refractivity (Wildman–Crippen MR) is 107 cm³/mol. The Labute approximate surface area is 167 Å². The van der Waals surface area contributed by atoms with Crippen molar-refractivity contribution in [1.82, 2.24) is 4.90 Å². The maximum atomic E-state index is 13.0. The molecule has 1 aromatic carbocycles. The second-order valence-electron chi connectivity index (χ2n) is 8.39. The first kappa shape index (κ1) is 22.0. The van der Waals surface area contributed by atoms with Crippen LogP contribution in [0.15, 0.2) is 43.0 Å². The zero-order chi connectivity index (χ0) is 20.9. The number of ether oxygens (including phenoxy) is 3. The van der Waals surface area contributed by atoms with Gasteiger partial charge >= 0.3 is 12.1 Å². The van der Waals surface area contributed by atoms with E-state index in [9.17, 15) is 9.59 Å². The summed E-state index contributed by atoms with van der Waals surface area (Å²) in [5.41, 5.74) is -0.497. The zero-order valence-corrected chi connectivity index (χ0v) is 17.4. The van der Waals surface area contributed by atoms with Gasteiger partial charge in [-0.05, 0) is 46.6 Å². The van der Waals surface area contributed by atoms with Crippen molar-refractivity contribution in [2.75, 3.05) is 6.61 Å². The molecule has 154 valence electrons. The molecule has 1 aromatic rings. The van der Waals surface area contributed by atoms with Gasteiger partial charge in [0.25, 0.3) is 0 Å². The van der Waals surface area contributed by atoms with Crippen molar-refractivity contribution in [3.8, 4) is 0 Å². The molecule has 1 saturated heterocycles. The molecule has 28 heavy (non-hydrogen) atoms. The van der Waals surface area contributed by atoms with E-state index in [1.54, 1.807) is 4.90 Å². The van der Waals surface area contributed by atoms with Crippen LogP contribution in [-0.4, -0.2) is 47.0 Å². The SMILES string of the molecule is C=CCOC(=O)C[C@@H]1OC(C)(C)N(C(=O)OC(C)(C)C)[C@H]1Cc1ccccc1. The summed E-state index contributed by atoms with van der Waals surface area (Å²) in [6.07, 6.45) is 1.16. The quantitative estimate of drug-likeness (QED) is 0.542. The lowest BCUT2D eigenvalue weighted by atomic mass is 9.98. The van der Waals surface area contributed by atoms with Crippen molar-refractivity contribution in [3.63, 3.8) is 0 Å². The topological polar surface area (TPSA) is 65.1 Å². The molecule has 2 rings (SSSR count). The van der Waals surface area contributed by atoms with Gasteiger partial charge in [-0.2, -0.15) is 0 Å². The van der Waals surface area contributed by atoms with Crippen LogP contribution in [0.1, 0.15) is 46.6 Å². The van der Waals surface area contributed by atoms with Crippen LogP contribution in [0.3, 0.4) is 0 Å². The van der Waals surface area contributed by atoms with Gasteiger partial charge in [0, 0.05) is 0 Å². The Bertz CT molecular complexity index is 693. The van der Waals surface area contributed by atoms with Gasteiger partial charge in [-0.3, -0.25) is 9.69 Å². The second kappa shape index (κ2) is 8.78. The Morgan fingerprint density at radius 3 is 2.46 bits per heavy atom. The third kappa shape index (κ3) is 5.83. The minimum atomic E-state index is -0.912. The molecule has 6 nitrogen and oxygen atoms in total. The molecule has 0 unspecified atom stereocenters. The van der Waals surface area contributed by atoms with Gasteiger partial charge < -0.3 is 14.2 Å². The highest BCUT2D eigenvalue weighted by molar-refractivity contribution is 5.72. The molecule has 0 spiro atoms. The van der Waals surface area contributed by atoms with Crippen LogP contribution < -0.4 is 0 Å². The van der Waals surface area contributed by atoms with Crippen molar-refractivity contribution < 1.29 is 23.8 Å². The third-order valence-corrected chi connectivity index (χ3v) is 4.39. The lowest BCUT2D eigenvalue weighted by molar-refractivity contribution is -0.147. The highest BCUT2D eigenvalue weighted by Crippen LogP contribution is 2.36. The fourth-order valence-corrected chi connectivity index (χ4v) is 3.37. The summed E-state index contributed by atoms with van der Waals surface area (Å²) < 4.78 is 16.9. The van der Waals surface area contributed by atoms with E-state index in [1.165, 1.54) is 6.08 Å². The molecular formula is C22H31NO5. The zero-order valence-electron chi connectivity index (χ0n) is 17.4. The molecule has 0 aromatic heterocycles. The molecule has 1 heterocycles. The van der Waals surface area contributed by atoms with Gasteiger partial charge in [0.05, 0.1) is 18.6 Å². The Balaban J connectivity index is 2.29. The molecule has 0 N–H and O–H groups in total. The van der Waals surface area contributed by atoms with E-state index >= 15 is 0 Å². The number of carbonyl (C=O) groups excluding carboxylic acids is 2. The Morgan fingerprint density at radius 1 is 1.25 bits per heavy atom. The molecule has 0 radical (unpaired) electrons. The number of nitrogens with zero attached hydrogens (tertiary/aromatic N) is 1. The van der Waals surface area contributed by atoms with Crippen molar-refractivity contribution in [2.24, 2.45) is 0 Å². The van der Waals surface area contributed by atoms with Crippen LogP contribution in [0.2, 0.25) is 0 Å². The number of amides is 1. The molecule has 1 fully saturated rings. The van der Waals surface area contributed by atoms with Crippen LogP contribution in [0.5, 0.6) is 0 Å². The van der Waals surface area contributed by atoms with E-state index in [2.05, 4.69) is 6.58 Å². The van der Waals surface area contributed by atoms with Crippen LogP contribution in [-0.2, 0) is 25.4 Å². The molecule has 6 heteroatoms. The highest BCUT2D eigenvalue weighted by atomic mass is 16.6. The number of benzene rings is 1. The molecule has 1 aliphatic heterocycles. The average Bonchev–Trinajstić information content (AvgIpc) is 2.82. The van der Waals surface area contributed by atoms with Gasteiger partial charge in [-0.15, -0.1) is 0 Å². The van der Waals surface area contributed by atoms with E-state index in [0.717, 1.165) is 5.56 Å². The molecule has 2 atom stereocenters. The van der Waals surface area contributed by atoms with Crippen molar-refractivity contribution in [1.29, 1.82) is 0 Å². The number of hydrogen-bond acceptors (Lipinski definition) is 5. The lowest BCUT2D eigenvalue weighted by Gasteiger charge is -2.35. The van der Waals surface area contributed by atoms with Gasteiger partial charge in [-0.25, -0.2) is 4.79 Å². The van der Waals surface area contributed by atoms with Gasteiger partial charge in [0.2, 0.25) is 0 Å². The van der Waals surface area contributed by atoms with E-state index in [4.69, 9.17) is 14.2 Å². The Hall–Kier alpha value is -2.34. The maximum absolute atomic E-state index is 13.0. The largest absolute Gasteiger partial charge is 0.461 e. The molecule has 0 saturated carbocycles. The van der Waals surface area contributed by atoms with Gasteiger partial charge in [-0.1, -0.05) is 43.0 Å². The lowest BCUT2D eigenvalue weighted by Crippen LogP contribution is -2.51. The average molecular weight is 389 g/mol. The van der Waals surface area contributed by atoms with E-state index in [0.29, 0.717) is 6.42 Å². The van der Waals surface area contributed by atoms with Crippen molar-refractivity contribution >= 4 is 12.1 Å². The molecular weight excluding hydrogens is 358 g/mol. The third-order valence-electron chi connectivity index (χ3n) is 4.39. The maximum Gasteiger partial charge on any atom is 0.412 e. The Kier molecular flexibility index (Phi) is 6.88. The number of hydrogen-bond donors (Lipinski definition) is 0. The first-order valence-electron chi connectivity index (χ1n) is 9.54. The van der Waals surface area contributed by atoms with E-state index < -0.39 is 23.5 Å². The number of rotatable bonds is 6. The van der Waals surface area contributed by atoms with Crippen LogP contribution in [0.4, 0.5) is 4.79 Å². The molecule has 1 amide bonds. The monoisotopic (exact) mass is 389 g/mol.